The Labute approximate surface area is 138 Å². The summed E-state index contributed by atoms with van der Waals surface area (Å²) in [5.74, 6) is 1.75. The van der Waals surface area contributed by atoms with Gasteiger partial charge in [0, 0.05) is 6.54 Å². The molecule has 2 aliphatic carbocycles. The van der Waals surface area contributed by atoms with Crippen molar-refractivity contribution in [3.63, 3.8) is 0 Å². The second-order valence-corrected chi connectivity index (χ2v) is 8.03. The summed E-state index contributed by atoms with van der Waals surface area (Å²) in [6.45, 7) is 4.77. The molecule has 2 saturated carbocycles. The summed E-state index contributed by atoms with van der Waals surface area (Å²) in [4.78, 5) is 2.63. The molecule has 0 aromatic carbocycles. The zero-order chi connectivity index (χ0) is 15.0. The highest BCUT2D eigenvalue weighted by atomic mass is 16.5. The van der Waals surface area contributed by atoms with E-state index in [4.69, 9.17) is 4.74 Å². The van der Waals surface area contributed by atoms with Gasteiger partial charge in [-0.3, -0.25) is 0 Å². The van der Waals surface area contributed by atoms with Crippen molar-refractivity contribution in [1.29, 1.82) is 0 Å². The van der Waals surface area contributed by atoms with Gasteiger partial charge in [0.05, 0.1) is 12.7 Å². The van der Waals surface area contributed by atoms with E-state index >= 15 is 0 Å². The molecule has 3 rings (SSSR count). The molecule has 1 saturated heterocycles. The molecule has 1 heterocycles. The Morgan fingerprint density at radius 3 is 1.73 bits per heavy atom. The van der Waals surface area contributed by atoms with E-state index in [-0.39, 0.29) is 0 Å². The van der Waals surface area contributed by atoms with Crippen LogP contribution in [0, 0.1) is 11.8 Å². The molecule has 0 amide bonds. The Bertz CT molecular complexity index is 270. The van der Waals surface area contributed by atoms with E-state index in [2.05, 4.69) is 4.90 Å². The van der Waals surface area contributed by atoms with Crippen molar-refractivity contribution < 1.29 is 4.74 Å². The van der Waals surface area contributed by atoms with E-state index in [0.29, 0.717) is 6.10 Å². The Balaban J connectivity index is 1.48. The topological polar surface area (TPSA) is 12.5 Å². The molecule has 3 fully saturated rings. The number of rotatable bonds is 6. The minimum Gasteiger partial charge on any atom is -0.376 e. The first kappa shape index (κ1) is 16.8. The summed E-state index contributed by atoms with van der Waals surface area (Å²) in [5.41, 5.74) is 0. The van der Waals surface area contributed by atoms with Crippen LogP contribution in [0.1, 0.15) is 83.5 Å². The van der Waals surface area contributed by atoms with Crippen LogP contribution in [0.2, 0.25) is 0 Å². The van der Waals surface area contributed by atoms with Crippen molar-refractivity contribution in [1.82, 2.24) is 4.90 Å². The standard InChI is InChI=1S/C20H37NO/c1-4-10-18(11-5-1)20(19-12-6-2-7-13-19)22-17-16-21-14-8-3-9-15-21/h18-20H,1-17H2. The summed E-state index contributed by atoms with van der Waals surface area (Å²) >= 11 is 0. The molecular weight excluding hydrogens is 270 g/mol. The average Bonchev–Trinajstić information content (AvgIpc) is 2.61. The van der Waals surface area contributed by atoms with Crippen LogP contribution >= 0.6 is 0 Å². The lowest BCUT2D eigenvalue weighted by Crippen LogP contribution is -2.38. The Morgan fingerprint density at radius 1 is 0.682 bits per heavy atom. The van der Waals surface area contributed by atoms with Gasteiger partial charge in [0.2, 0.25) is 0 Å². The van der Waals surface area contributed by atoms with Gasteiger partial charge in [-0.25, -0.2) is 0 Å². The second-order valence-electron chi connectivity index (χ2n) is 8.03. The number of ether oxygens (including phenoxy) is 1. The maximum Gasteiger partial charge on any atom is 0.0632 e. The quantitative estimate of drug-likeness (QED) is 0.683. The lowest BCUT2D eigenvalue weighted by molar-refractivity contribution is -0.0531. The molecule has 0 bridgehead atoms. The summed E-state index contributed by atoms with van der Waals surface area (Å²) in [5, 5.41) is 0. The van der Waals surface area contributed by atoms with Crippen LogP contribution in [0.3, 0.4) is 0 Å². The summed E-state index contributed by atoms with van der Waals surface area (Å²) in [6, 6.07) is 0. The summed E-state index contributed by atoms with van der Waals surface area (Å²) in [7, 11) is 0. The largest absolute Gasteiger partial charge is 0.376 e. The third-order valence-corrected chi connectivity index (χ3v) is 6.40. The monoisotopic (exact) mass is 307 g/mol. The van der Waals surface area contributed by atoms with Crippen molar-refractivity contribution in [3.8, 4) is 0 Å². The minimum atomic E-state index is 0.588. The van der Waals surface area contributed by atoms with Gasteiger partial charge in [-0.2, -0.15) is 0 Å². The van der Waals surface area contributed by atoms with E-state index < -0.39 is 0 Å². The van der Waals surface area contributed by atoms with Gasteiger partial charge >= 0.3 is 0 Å². The maximum absolute atomic E-state index is 6.58. The highest BCUT2D eigenvalue weighted by Gasteiger charge is 2.32. The van der Waals surface area contributed by atoms with Gasteiger partial charge in [-0.1, -0.05) is 44.9 Å². The summed E-state index contributed by atoms with van der Waals surface area (Å²) < 4.78 is 6.58. The van der Waals surface area contributed by atoms with E-state index in [1.807, 2.05) is 0 Å². The van der Waals surface area contributed by atoms with Crippen LogP contribution in [-0.2, 0) is 4.74 Å². The number of hydrogen-bond acceptors (Lipinski definition) is 2. The predicted molar refractivity (Wildman–Crippen MR) is 93.2 cm³/mol. The first-order chi connectivity index (χ1) is 10.9. The second kappa shape index (κ2) is 9.27. The van der Waals surface area contributed by atoms with Crippen molar-refractivity contribution in [2.75, 3.05) is 26.2 Å². The molecule has 1 aliphatic heterocycles. The number of likely N-dealkylation sites (tertiary alicyclic amines) is 1. The molecule has 128 valence electrons. The summed E-state index contributed by atoms with van der Waals surface area (Å²) in [6.07, 6.45) is 19.3. The van der Waals surface area contributed by atoms with E-state index in [0.717, 1.165) is 18.4 Å². The predicted octanol–water partition coefficient (Wildman–Crippen LogP) is 5.02. The number of hydrogen-bond donors (Lipinski definition) is 0. The zero-order valence-electron chi connectivity index (χ0n) is 14.6. The van der Waals surface area contributed by atoms with E-state index in [1.165, 1.54) is 103 Å². The van der Waals surface area contributed by atoms with Crippen molar-refractivity contribution in [2.24, 2.45) is 11.8 Å². The van der Waals surface area contributed by atoms with Crippen LogP contribution < -0.4 is 0 Å². The maximum atomic E-state index is 6.58. The SMILES string of the molecule is C1CCC(C(OCCN2CCCCC2)C2CCCCC2)CC1. The van der Waals surface area contributed by atoms with E-state index in [1.54, 1.807) is 0 Å². The molecule has 22 heavy (non-hydrogen) atoms. The zero-order valence-corrected chi connectivity index (χ0v) is 14.6. The molecule has 0 aromatic heterocycles. The average molecular weight is 308 g/mol. The van der Waals surface area contributed by atoms with Crippen LogP contribution in [-0.4, -0.2) is 37.2 Å². The Morgan fingerprint density at radius 2 is 1.18 bits per heavy atom. The van der Waals surface area contributed by atoms with Crippen molar-refractivity contribution >= 4 is 0 Å². The molecule has 0 N–H and O–H groups in total. The smallest absolute Gasteiger partial charge is 0.0632 e. The highest BCUT2D eigenvalue weighted by Crippen LogP contribution is 2.37. The molecule has 3 aliphatic rings. The van der Waals surface area contributed by atoms with Crippen LogP contribution in [0.15, 0.2) is 0 Å². The molecule has 0 aromatic rings. The molecular formula is C20H37NO. The highest BCUT2D eigenvalue weighted by molar-refractivity contribution is 4.83. The fourth-order valence-electron chi connectivity index (χ4n) is 5.08. The van der Waals surface area contributed by atoms with Crippen molar-refractivity contribution in [3.05, 3.63) is 0 Å². The van der Waals surface area contributed by atoms with Crippen molar-refractivity contribution in [2.45, 2.75) is 89.6 Å². The first-order valence-electron chi connectivity index (χ1n) is 10.3. The number of nitrogens with zero attached hydrogens (tertiary/aromatic N) is 1. The normalized spacial score (nSPS) is 26.6. The molecule has 0 atom stereocenters. The van der Waals surface area contributed by atoms with Gasteiger partial charge < -0.3 is 9.64 Å². The molecule has 0 unspecified atom stereocenters. The third kappa shape index (κ3) is 4.96. The molecule has 0 spiro atoms. The fraction of sp³-hybridized carbons (Fsp3) is 1.00. The van der Waals surface area contributed by atoms with Gasteiger partial charge in [-0.15, -0.1) is 0 Å². The Hall–Kier alpha value is -0.0800. The van der Waals surface area contributed by atoms with E-state index in [9.17, 15) is 0 Å². The first-order valence-corrected chi connectivity index (χ1v) is 10.3. The Kier molecular flexibility index (Phi) is 7.07. The van der Waals surface area contributed by atoms with Crippen LogP contribution in [0.5, 0.6) is 0 Å². The van der Waals surface area contributed by atoms with Gasteiger partial charge in [-0.05, 0) is 63.5 Å². The van der Waals surface area contributed by atoms with Gasteiger partial charge in [0.1, 0.15) is 0 Å². The van der Waals surface area contributed by atoms with Crippen LogP contribution in [0.4, 0.5) is 0 Å². The fourth-order valence-corrected chi connectivity index (χ4v) is 5.08. The lowest BCUT2D eigenvalue weighted by Gasteiger charge is -2.38. The van der Waals surface area contributed by atoms with Gasteiger partial charge in [0.15, 0.2) is 0 Å². The minimum absolute atomic E-state index is 0.588. The molecule has 0 radical (unpaired) electrons. The lowest BCUT2D eigenvalue weighted by atomic mass is 9.75. The molecule has 2 nitrogen and oxygen atoms in total. The van der Waals surface area contributed by atoms with Gasteiger partial charge in [0.25, 0.3) is 0 Å². The number of piperidine rings is 1. The molecule has 2 heteroatoms. The third-order valence-electron chi connectivity index (χ3n) is 6.40. The van der Waals surface area contributed by atoms with Crippen LogP contribution in [0.25, 0.3) is 0 Å².